The highest BCUT2D eigenvalue weighted by atomic mass is 35.5. The topological polar surface area (TPSA) is 130 Å². The van der Waals surface area contributed by atoms with Crippen molar-refractivity contribution in [2.45, 2.75) is 19.4 Å². The zero-order chi connectivity index (χ0) is 24.6. The van der Waals surface area contributed by atoms with Gasteiger partial charge in [0.05, 0.1) is 25.0 Å². The third kappa shape index (κ3) is 5.10. The Bertz CT molecular complexity index is 1420. The van der Waals surface area contributed by atoms with E-state index in [1.807, 2.05) is 28.9 Å². The van der Waals surface area contributed by atoms with Crippen molar-refractivity contribution in [3.8, 4) is 11.3 Å². The maximum absolute atomic E-state index is 13.2. The van der Waals surface area contributed by atoms with Crippen molar-refractivity contribution in [3.63, 3.8) is 0 Å². The number of amides is 1. The summed E-state index contributed by atoms with van der Waals surface area (Å²) in [5.41, 5.74) is 3.06. The van der Waals surface area contributed by atoms with Crippen LogP contribution in [0.2, 0.25) is 0 Å². The van der Waals surface area contributed by atoms with Crippen LogP contribution in [0.25, 0.3) is 22.6 Å². The maximum atomic E-state index is 13.2. The Morgan fingerprint density at radius 2 is 1.92 bits per heavy atom. The number of ether oxygens (including phenoxy) is 1. The SMILES string of the molecule is Cc1cc(-c2ccc(C(=O)Nc3cc4oc(N5CCOCC5)nc4nc3N3CC[C@@H](O)C3)o2)ccn1.Cl. The van der Waals surface area contributed by atoms with Crippen LogP contribution < -0.4 is 15.1 Å². The van der Waals surface area contributed by atoms with Gasteiger partial charge in [0.15, 0.2) is 17.2 Å². The molecule has 2 fully saturated rings. The molecule has 6 rings (SSSR count). The number of β-amino-alcohol motifs (C(OH)–C–C–N with tert-alkyl or cyclic N) is 1. The molecule has 0 spiro atoms. The lowest BCUT2D eigenvalue weighted by Gasteiger charge is -2.24. The van der Waals surface area contributed by atoms with Gasteiger partial charge in [0, 0.05) is 49.7 Å². The molecule has 37 heavy (non-hydrogen) atoms. The molecule has 11 nitrogen and oxygen atoms in total. The second-order valence-corrected chi connectivity index (χ2v) is 8.97. The number of carbonyl (C=O) groups excluding carboxylic acids is 1. The lowest BCUT2D eigenvalue weighted by atomic mass is 10.2. The van der Waals surface area contributed by atoms with Crippen molar-refractivity contribution in [2.24, 2.45) is 0 Å². The van der Waals surface area contributed by atoms with Crippen LogP contribution in [0.15, 0.2) is 45.4 Å². The van der Waals surface area contributed by atoms with Gasteiger partial charge in [-0.2, -0.15) is 4.98 Å². The Labute approximate surface area is 218 Å². The summed E-state index contributed by atoms with van der Waals surface area (Å²) in [6, 6.07) is 9.32. The molecular weight excluding hydrogens is 500 g/mol. The minimum absolute atomic E-state index is 0. The van der Waals surface area contributed by atoms with E-state index in [-0.39, 0.29) is 18.2 Å². The molecule has 4 aromatic rings. The van der Waals surface area contributed by atoms with Gasteiger partial charge in [0.1, 0.15) is 5.76 Å². The van der Waals surface area contributed by atoms with Crippen molar-refractivity contribution in [1.82, 2.24) is 15.0 Å². The van der Waals surface area contributed by atoms with Gasteiger partial charge in [-0.15, -0.1) is 12.4 Å². The first-order chi connectivity index (χ1) is 17.5. The van der Waals surface area contributed by atoms with Crippen LogP contribution in [0.3, 0.4) is 0 Å². The normalized spacial score (nSPS) is 17.7. The van der Waals surface area contributed by atoms with Gasteiger partial charge in [0.2, 0.25) is 5.65 Å². The Hall–Kier alpha value is -3.67. The molecule has 0 radical (unpaired) electrons. The first-order valence-electron chi connectivity index (χ1n) is 11.9. The molecule has 0 bridgehead atoms. The van der Waals surface area contributed by atoms with Crippen LogP contribution in [0.5, 0.6) is 0 Å². The van der Waals surface area contributed by atoms with Crippen molar-refractivity contribution >= 4 is 47.1 Å². The predicted octanol–water partition coefficient (Wildman–Crippen LogP) is 3.27. The van der Waals surface area contributed by atoms with Crippen LogP contribution in [-0.2, 0) is 4.74 Å². The molecule has 2 N–H and O–H groups in total. The van der Waals surface area contributed by atoms with E-state index < -0.39 is 12.0 Å². The number of halogens is 1. The highest BCUT2D eigenvalue weighted by Gasteiger charge is 2.27. The molecule has 1 amide bonds. The van der Waals surface area contributed by atoms with Crippen LogP contribution in [0.4, 0.5) is 17.5 Å². The Morgan fingerprint density at radius 1 is 1.08 bits per heavy atom. The number of hydrogen-bond acceptors (Lipinski definition) is 10. The molecule has 2 aliphatic heterocycles. The number of aliphatic hydroxyl groups excluding tert-OH is 1. The molecule has 2 saturated heterocycles. The van der Waals surface area contributed by atoms with Gasteiger partial charge in [-0.3, -0.25) is 9.78 Å². The average molecular weight is 527 g/mol. The third-order valence-corrected chi connectivity index (χ3v) is 6.35. The summed E-state index contributed by atoms with van der Waals surface area (Å²) >= 11 is 0. The van der Waals surface area contributed by atoms with Crippen molar-refractivity contribution < 1.29 is 23.5 Å². The number of fused-ring (bicyclic) bond motifs is 1. The summed E-state index contributed by atoms with van der Waals surface area (Å²) < 4.78 is 17.3. The number of furan rings is 1. The van der Waals surface area contributed by atoms with Gasteiger partial charge < -0.3 is 33.8 Å². The lowest BCUT2D eigenvalue weighted by molar-refractivity contribution is 0.0997. The van der Waals surface area contributed by atoms with Gasteiger partial charge in [-0.05, 0) is 37.6 Å². The number of hydrogen-bond donors (Lipinski definition) is 2. The molecule has 12 heteroatoms. The smallest absolute Gasteiger partial charge is 0.300 e. The van der Waals surface area contributed by atoms with Crippen molar-refractivity contribution in [1.29, 1.82) is 0 Å². The number of aromatic nitrogens is 3. The van der Waals surface area contributed by atoms with E-state index in [4.69, 9.17) is 18.6 Å². The Kier molecular flexibility index (Phi) is 7.00. The molecule has 0 aliphatic carbocycles. The molecular formula is C25H27ClN6O5. The number of oxazole rings is 1. The summed E-state index contributed by atoms with van der Waals surface area (Å²) in [6.07, 6.45) is 1.87. The second kappa shape index (κ2) is 10.4. The zero-order valence-corrected chi connectivity index (χ0v) is 21.0. The van der Waals surface area contributed by atoms with Crippen molar-refractivity contribution in [3.05, 3.63) is 48.0 Å². The average Bonchev–Trinajstić information content (AvgIpc) is 3.63. The third-order valence-electron chi connectivity index (χ3n) is 6.35. The molecule has 0 unspecified atom stereocenters. The van der Waals surface area contributed by atoms with Gasteiger partial charge in [-0.1, -0.05) is 0 Å². The summed E-state index contributed by atoms with van der Waals surface area (Å²) in [5, 5.41) is 13.0. The second-order valence-electron chi connectivity index (χ2n) is 8.97. The number of nitrogens with zero attached hydrogens (tertiary/aromatic N) is 5. The van der Waals surface area contributed by atoms with Gasteiger partial charge in [-0.25, -0.2) is 4.98 Å². The van der Waals surface area contributed by atoms with Crippen LogP contribution >= 0.6 is 12.4 Å². The number of nitrogens with one attached hydrogen (secondary N) is 1. The summed E-state index contributed by atoms with van der Waals surface area (Å²) in [5.74, 6) is 0.860. The van der Waals surface area contributed by atoms with Crippen LogP contribution in [0, 0.1) is 6.92 Å². The number of rotatable bonds is 5. The largest absolute Gasteiger partial charge is 0.451 e. The van der Waals surface area contributed by atoms with Crippen LogP contribution in [0.1, 0.15) is 22.7 Å². The summed E-state index contributed by atoms with van der Waals surface area (Å²) in [4.78, 5) is 30.6. The quantitative estimate of drug-likeness (QED) is 0.399. The van der Waals surface area contributed by atoms with Crippen molar-refractivity contribution in [2.75, 3.05) is 54.5 Å². The maximum Gasteiger partial charge on any atom is 0.300 e. The first-order valence-corrected chi connectivity index (χ1v) is 11.9. The molecule has 194 valence electrons. The van der Waals surface area contributed by atoms with E-state index in [9.17, 15) is 9.90 Å². The minimum atomic E-state index is -0.455. The summed E-state index contributed by atoms with van der Waals surface area (Å²) in [7, 11) is 0. The molecule has 6 heterocycles. The van der Waals surface area contributed by atoms with Gasteiger partial charge >= 0.3 is 0 Å². The molecule has 4 aromatic heterocycles. The van der Waals surface area contributed by atoms with E-state index in [0.29, 0.717) is 80.3 Å². The fraction of sp³-hybridized carbons (Fsp3) is 0.360. The van der Waals surface area contributed by atoms with E-state index in [1.54, 1.807) is 24.4 Å². The zero-order valence-electron chi connectivity index (χ0n) is 20.2. The highest BCUT2D eigenvalue weighted by molar-refractivity contribution is 6.05. The number of carbonyl (C=O) groups is 1. The molecule has 2 aliphatic rings. The highest BCUT2D eigenvalue weighted by Crippen LogP contribution is 2.33. The van der Waals surface area contributed by atoms with E-state index in [2.05, 4.69) is 15.3 Å². The standard InChI is InChI=1S/C25H26N6O5.ClH/c1-15-12-16(4-6-26-15)19-2-3-20(35-19)24(33)27-18-13-21-22(28-23(18)31-7-5-17(32)14-31)29-25(36-21)30-8-10-34-11-9-30;/h2-4,6,12-13,17,32H,5,7-11,14H2,1H3,(H,27,33);1H/t17-;/m1./s1. The number of anilines is 3. The van der Waals surface area contributed by atoms with E-state index in [1.165, 1.54) is 0 Å². The number of aryl methyl sites for hydroxylation is 1. The Balaban J connectivity index is 0.00000280. The molecule has 1 atom stereocenters. The lowest BCUT2D eigenvalue weighted by Crippen LogP contribution is -2.36. The fourth-order valence-corrected chi connectivity index (χ4v) is 4.50. The minimum Gasteiger partial charge on any atom is -0.451 e. The van der Waals surface area contributed by atoms with E-state index >= 15 is 0 Å². The van der Waals surface area contributed by atoms with Gasteiger partial charge in [0.25, 0.3) is 11.9 Å². The monoisotopic (exact) mass is 526 g/mol. The summed E-state index contributed by atoms with van der Waals surface area (Å²) in [6.45, 7) is 5.50. The van der Waals surface area contributed by atoms with Crippen LogP contribution in [-0.4, -0.2) is 71.5 Å². The first kappa shape index (κ1) is 25.0. The molecule has 0 saturated carbocycles. The number of morpholine rings is 1. The molecule has 0 aromatic carbocycles. The number of aliphatic hydroxyl groups is 1. The predicted molar refractivity (Wildman–Crippen MR) is 140 cm³/mol. The fourth-order valence-electron chi connectivity index (χ4n) is 4.50. The number of pyridine rings is 2. The Morgan fingerprint density at radius 3 is 2.68 bits per heavy atom. The van der Waals surface area contributed by atoms with E-state index in [0.717, 1.165) is 11.3 Å².